The Labute approximate surface area is 184 Å². The van der Waals surface area contributed by atoms with Crippen molar-refractivity contribution in [1.29, 1.82) is 5.26 Å². The minimum absolute atomic E-state index is 0.0695. The molecule has 2 unspecified atom stereocenters. The number of amides is 4. The highest BCUT2D eigenvalue weighted by Gasteiger charge is 2.62. The largest absolute Gasteiger partial charge is 0.497 e. The predicted octanol–water partition coefficient (Wildman–Crippen LogP) is 1.63. The number of ether oxygens (including phenoxy) is 1. The molecule has 9 nitrogen and oxygen atoms in total. The average Bonchev–Trinajstić information content (AvgIpc) is 3.45. The number of methoxy groups -OCH3 is 1. The monoisotopic (exact) mass is 431 g/mol. The first kappa shape index (κ1) is 20.0. The fourth-order valence-corrected chi connectivity index (χ4v) is 5.04. The molecule has 1 aromatic carbocycles. The molecule has 3 aliphatic rings. The number of aryl methyl sites for hydroxylation is 1. The van der Waals surface area contributed by atoms with E-state index in [1.165, 1.54) is 6.20 Å². The Morgan fingerprint density at radius 2 is 2.12 bits per heavy atom. The lowest BCUT2D eigenvalue weighted by molar-refractivity contribution is -0.135. The number of rotatable bonds is 4. The number of nitriles is 1. The van der Waals surface area contributed by atoms with Gasteiger partial charge in [-0.15, -0.1) is 0 Å². The minimum atomic E-state index is -0.688. The third kappa shape index (κ3) is 2.91. The first-order valence-electron chi connectivity index (χ1n) is 10.4. The van der Waals surface area contributed by atoms with Gasteiger partial charge >= 0.3 is 6.03 Å². The number of fused-ring (bicyclic) bond motifs is 5. The van der Waals surface area contributed by atoms with Crippen molar-refractivity contribution < 1.29 is 19.1 Å². The highest BCUT2D eigenvalue weighted by molar-refractivity contribution is 6.22. The van der Waals surface area contributed by atoms with Gasteiger partial charge in [0.05, 0.1) is 37.5 Å². The summed E-state index contributed by atoms with van der Waals surface area (Å²) in [6.45, 7) is 2.13. The third-order valence-corrected chi connectivity index (χ3v) is 6.50. The quantitative estimate of drug-likeness (QED) is 0.681. The Morgan fingerprint density at radius 1 is 1.31 bits per heavy atom. The van der Waals surface area contributed by atoms with Gasteiger partial charge in [0.25, 0.3) is 5.91 Å². The number of imide groups is 1. The molecule has 3 fully saturated rings. The molecule has 2 bridgehead atoms. The van der Waals surface area contributed by atoms with Crippen LogP contribution < -0.4 is 9.64 Å². The second-order valence-electron chi connectivity index (χ2n) is 8.31. The van der Waals surface area contributed by atoms with Crippen LogP contribution in [-0.2, 0) is 16.0 Å². The van der Waals surface area contributed by atoms with Crippen molar-refractivity contribution in [3.63, 3.8) is 0 Å². The molecule has 32 heavy (non-hydrogen) atoms. The summed E-state index contributed by atoms with van der Waals surface area (Å²) in [7, 11) is 1.58. The van der Waals surface area contributed by atoms with Crippen LogP contribution in [-0.4, -0.2) is 64.4 Å². The fraction of sp³-hybridized carbons (Fsp3) is 0.348. The van der Waals surface area contributed by atoms with Gasteiger partial charge in [-0.25, -0.2) is 14.7 Å². The Hall–Kier alpha value is -3.93. The number of hydrogen-bond donors (Lipinski definition) is 0. The lowest BCUT2D eigenvalue weighted by Crippen LogP contribution is -2.55. The number of aromatic nitrogens is 1. The summed E-state index contributed by atoms with van der Waals surface area (Å²) in [5.74, 6) is 0.259. The van der Waals surface area contributed by atoms with E-state index in [0.29, 0.717) is 30.0 Å². The van der Waals surface area contributed by atoms with Crippen molar-refractivity contribution in [2.24, 2.45) is 0 Å². The number of nitrogens with zero attached hydrogens (tertiary/aromatic N) is 5. The van der Waals surface area contributed by atoms with E-state index in [0.717, 1.165) is 10.5 Å². The summed E-state index contributed by atoms with van der Waals surface area (Å²) >= 11 is 0. The number of hydrogen-bond acceptors (Lipinski definition) is 6. The summed E-state index contributed by atoms with van der Waals surface area (Å²) in [5.41, 5.74) is 2.03. The molecule has 3 saturated heterocycles. The van der Waals surface area contributed by atoms with Crippen molar-refractivity contribution >= 4 is 23.5 Å². The van der Waals surface area contributed by atoms with Gasteiger partial charge in [-0.05, 0) is 42.7 Å². The topological polar surface area (TPSA) is 107 Å². The van der Waals surface area contributed by atoms with Crippen LogP contribution in [0.4, 0.5) is 10.5 Å². The summed E-state index contributed by atoms with van der Waals surface area (Å²) in [6.07, 6.45) is 2.18. The summed E-state index contributed by atoms with van der Waals surface area (Å²) in [4.78, 5) is 48.0. The lowest BCUT2D eigenvalue weighted by Gasteiger charge is -2.35. The van der Waals surface area contributed by atoms with Crippen molar-refractivity contribution in [2.75, 3.05) is 18.6 Å². The summed E-state index contributed by atoms with van der Waals surface area (Å²) in [6, 6.07) is 9.35. The molecule has 0 aliphatic carbocycles. The fourth-order valence-electron chi connectivity index (χ4n) is 5.04. The standard InChI is InChI=1S/C23H21N5O4/c1-13-6-15(11-25-18(13)10-24)28-22(30)21-19-9-16(27(21)23(28)31)12-26(19)20(29)8-14-4-3-5-17(7-14)32-2/h3-7,11,16,19,21H,8-9,12H2,1-2H3/t16?,19?,21-/m1/s1. The second-order valence-corrected chi connectivity index (χ2v) is 8.31. The van der Waals surface area contributed by atoms with E-state index >= 15 is 0 Å². The van der Waals surface area contributed by atoms with Crippen LogP contribution in [0.25, 0.3) is 0 Å². The number of likely N-dealkylation sites (tertiary alicyclic amines) is 1. The van der Waals surface area contributed by atoms with Crippen LogP contribution in [0.1, 0.15) is 23.2 Å². The van der Waals surface area contributed by atoms with Crippen LogP contribution >= 0.6 is 0 Å². The van der Waals surface area contributed by atoms with Crippen molar-refractivity contribution in [2.45, 2.75) is 37.9 Å². The zero-order valence-electron chi connectivity index (χ0n) is 17.7. The van der Waals surface area contributed by atoms with Crippen LogP contribution in [0.3, 0.4) is 0 Å². The zero-order chi connectivity index (χ0) is 22.6. The van der Waals surface area contributed by atoms with Gasteiger partial charge in [-0.1, -0.05) is 12.1 Å². The molecule has 0 saturated carbocycles. The zero-order valence-corrected chi connectivity index (χ0v) is 17.7. The molecule has 0 radical (unpaired) electrons. The first-order chi connectivity index (χ1) is 15.4. The molecule has 4 amide bonds. The van der Waals surface area contributed by atoms with Gasteiger partial charge in [0.15, 0.2) is 0 Å². The van der Waals surface area contributed by atoms with E-state index < -0.39 is 12.1 Å². The van der Waals surface area contributed by atoms with Crippen LogP contribution in [0.15, 0.2) is 36.5 Å². The van der Waals surface area contributed by atoms with Gasteiger partial charge in [0.1, 0.15) is 23.6 Å². The van der Waals surface area contributed by atoms with Crippen molar-refractivity contribution in [3.05, 3.63) is 53.3 Å². The molecule has 3 atom stereocenters. The molecule has 4 heterocycles. The Bertz CT molecular complexity index is 1190. The maximum atomic E-state index is 13.3. The maximum Gasteiger partial charge on any atom is 0.332 e. The number of pyridine rings is 1. The number of urea groups is 1. The molecule has 3 aliphatic heterocycles. The molecule has 5 rings (SSSR count). The van der Waals surface area contributed by atoms with Crippen LogP contribution in [0, 0.1) is 18.3 Å². The van der Waals surface area contributed by atoms with Crippen LogP contribution in [0.5, 0.6) is 5.75 Å². The number of carbonyl (C=O) groups excluding carboxylic acids is 3. The molecule has 0 N–H and O–H groups in total. The smallest absolute Gasteiger partial charge is 0.332 e. The number of piperazine rings is 1. The van der Waals surface area contributed by atoms with E-state index in [1.807, 2.05) is 30.3 Å². The third-order valence-electron chi connectivity index (χ3n) is 6.50. The normalized spacial score (nSPS) is 23.5. The van der Waals surface area contributed by atoms with Crippen LogP contribution in [0.2, 0.25) is 0 Å². The molecule has 9 heteroatoms. The first-order valence-corrected chi connectivity index (χ1v) is 10.4. The van der Waals surface area contributed by atoms with Gasteiger partial charge in [-0.3, -0.25) is 9.59 Å². The van der Waals surface area contributed by atoms with E-state index in [-0.39, 0.29) is 36.0 Å². The van der Waals surface area contributed by atoms with Gasteiger partial charge in [0, 0.05) is 6.54 Å². The van der Waals surface area contributed by atoms with E-state index in [2.05, 4.69) is 4.98 Å². The molecular weight excluding hydrogens is 410 g/mol. The van der Waals surface area contributed by atoms with Gasteiger partial charge in [-0.2, -0.15) is 5.26 Å². The minimum Gasteiger partial charge on any atom is -0.497 e. The SMILES string of the molecule is COc1cccc(CC(=O)N2CC3CC2[C@@H]2C(=O)N(c4cnc(C#N)c(C)c4)C(=O)N32)c1. The summed E-state index contributed by atoms with van der Waals surface area (Å²) in [5, 5.41) is 9.09. The van der Waals surface area contributed by atoms with E-state index in [1.54, 1.807) is 29.9 Å². The highest BCUT2D eigenvalue weighted by Crippen LogP contribution is 2.42. The van der Waals surface area contributed by atoms with Gasteiger partial charge in [0.2, 0.25) is 5.91 Å². The van der Waals surface area contributed by atoms with Crippen molar-refractivity contribution in [1.82, 2.24) is 14.8 Å². The molecular formula is C23H21N5O4. The van der Waals surface area contributed by atoms with Gasteiger partial charge < -0.3 is 14.5 Å². The Morgan fingerprint density at radius 3 is 2.84 bits per heavy atom. The Balaban J connectivity index is 1.37. The number of carbonyl (C=O) groups is 3. The molecule has 2 aromatic rings. The average molecular weight is 431 g/mol. The maximum absolute atomic E-state index is 13.3. The van der Waals surface area contributed by atoms with Crippen molar-refractivity contribution in [3.8, 4) is 11.8 Å². The molecule has 0 spiro atoms. The van der Waals surface area contributed by atoms with E-state index in [4.69, 9.17) is 10.00 Å². The highest BCUT2D eigenvalue weighted by atomic mass is 16.5. The second kappa shape index (κ2) is 7.34. The predicted molar refractivity (Wildman–Crippen MR) is 113 cm³/mol. The molecule has 162 valence electrons. The van der Waals surface area contributed by atoms with E-state index in [9.17, 15) is 14.4 Å². The Kier molecular flexibility index (Phi) is 4.59. The lowest BCUT2D eigenvalue weighted by atomic mass is 10.1. The number of benzene rings is 1. The summed E-state index contributed by atoms with van der Waals surface area (Å²) < 4.78 is 5.23. The number of anilines is 1. The molecule has 1 aromatic heterocycles.